The predicted octanol–water partition coefficient (Wildman–Crippen LogP) is 1.25. The first-order valence-corrected chi connectivity index (χ1v) is 22.6. The molecule has 0 bridgehead atoms. The molecule has 3 rings (SSSR count). The van der Waals surface area contributed by atoms with E-state index in [9.17, 15) is 59.6 Å². The highest BCUT2D eigenvalue weighted by molar-refractivity contribution is 7.92. The molecule has 54 heavy (non-hydrogen) atoms. The SMILES string of the molecule is Cc1c(N)c(N=Nc2ccc(S(=O)(=O)CCOS(=O)(=O)O)cc2S(=O)(=O)O)c(N)c(N=Nc2ccc(S(=O)(=O)CCOS(=O)(=O)O)cc2S(=O)(=O)O)c1N. The van der Waals surface area contributed by atoms with Crippen molar-refractivity contribution in [3.8, 4) is 0 Å². The summed E-state index contributed by atoms with van der Waals surface area (Å²) in [6.07, 6.45) is 0. The Morgan fingerprint density at radius 1 is 0.537 bits per heavy atom. The molecule has 0 saturated carbocycles. The van der Waals surface area contributed by atoms with Crippen LogP contribution in [-0.4, -0.2) is 93.4 Å². The number of nitrogen functional groups attached to an aromatic ring is 3. The highest BCUT2D eigenvalue weighted by Crippen LogP contribution is 2.46. The minimum absolute atomic E-state index is 0.0132. The fourth-order valence-corrected chi connectivity index (χ4v) is 8.48. The fourth-order valence-electron chi connectivity index (χ4n) is 4.01. The minimum Gasteiger partial charge on any atom is -0.397 e. The highest BCUT2D eigenvalue weighted by Gasteiger charge is 2.25. The summed E-state index contributed by atoms with van der Waals surface area (Å²) in [5, 5.41) is 14.9. The van der Waals surface area contributed by atoms with Crippen molar-refractivity contribution in [2.24, 2.45) is 20.5 Å². The molecule has 10 N–H and O–H groups in total. The third-order valence-corrected chi connectivity index (χ3v) is 12.7. The van der Waals surface area contributed by atoms with Crippen molar-refractivity contribution in [3.63, 3.8) is 0 Å². The van der Waals surface area contributed by atoms with Gasteiger partial charge in [0.2, 0.25) is 0 Å². The van der Waals surface area contributed by atoms with E-state index in [1.165, 1.54) is 6.92 Å². The van der Waals surface area contributed by atoms with Crippen molar-refractivity contribution in [2.45, 2.75) is 26.5 Å². The van der Waals surface area contributed by atoms with Crippen LogP contribution in [0.15, 0.2) is 76.4 Å². The number of hydrogen-bond donors (Lipinski definition) is 7. The molecule has 3 aromatic rings. The van der Waals surface area contributed by atoms with Crippen LogP contribution in [0.3, 0.4) is 0 Å². The Balaban J connectivity index is 2.09. The van der Waals surface area contributed by atoms with Crippen LogP contribution >= 0.6 is 0 Å². The van der Waals surface area contributed by atoms with Gasteiger partial charge in [-0.3, -0.25) is 18.2 Å². The van der Waals surface area contributed by atoms with E-state index in [-0.39, 0.29) is 16.9 Å². The van der Waals surface area contributed by atoms with Gasteiger partial charge in [0.05, 0.1) is 51.6 Å². The summed E-state index contributed by atoms with van der Waals surface area (Å²) in [7, 11) is -29.4. The molecule has 0 radical (unpaired) electrons. The topological polar surface area (TPSA) is 432 Å². The zero-order valence-corrected chi connectivity index (χ0v) is 31.7. The number of sulfone groups is 2. The number of benzene rings is 3. The number of rotatable bonds is 16. The summed E-state index contributed by atoms with van der Waals surface area (Å²) in [6, 6.07) is 4.10. The summed E-state index contributed by atoms with van der Waals surface area (Å²) < 4.78 is 187. The van der Waals surface area contributed by atoms with Crippen LogP contribution in [0.1, 0.15) is 5.56 Å². The highest BCUT2D eigenvalue weighted by atomic mass is 32.3. The number of nitrogens with zero attached hydrogens (tertiary/aromatic N) is 4. The molecule has 3 aromatic carbocycles. The molecule has 0 aliphatic rings. The van der Waals surface area contributed by atoms with Crippen LogP contribution in [-0.2, 0) is 69.1 Å². The fraction of sp³-hybridized carbons (Fsp3) is 0.217. The van der Waals surface area contributed by atoms with Gasteiger partial charge in [0.1, 0.15) is 32.5 Å². The molecule has 0 aliphatic carbocycles. The second-order valence-corrected chi connectivity index (χ2v) is 19.5. The molecule has 0 unspecified atom stereocenters. The van der Waals surface area contributed by atoms with E-state index < -0.39 is 133 Å². The molecule has 0 saturated heterocycles. The van der Waals surface area contributed by atoms with E-state index in [0.29, 0.717) is 12.1 Å². The van der Waals surface area contributed by atoms with Crippen LogP contribution in [0.5, 0.6) is 0 Å². The third kappa shape index (κ3) is 11.4. The van der Waals surface area contributed by atoms with Crippen LogP contribution in [0.2, 0.25) is 0 Å². The largest absolute Gasteiger partial charge is 0.397 e. The smallest absolute Gasteiger partial charge is 0.397 e. The maximum absolute atomic E-state index is 12.6. The standard InChI is InChI=1S/C23H27N7O18S6/c1-12-19(24)22(29-27-15-4-2-13(10-17(15)51(35,36)37)49(31,32)8-6-47-53(41,42)43)21(26)23(20(12)25)30-28-16-5-3-14(11-18(16)52(38,39)40)50(33,34)9-7-48-54(44,45)46/h2-5,10-11H,6-9,24-26H2,1H3,(H,35,36,37)(H,38,39,40)(H,41,42,43)(H,44,45,46). The number of nitrogens with two attached hydrogens (primary N) is 3. The lowest BCUT2D eigenvalue weighted by atomic mass is 10.1. The first kappa shape index (κ1) is 44.1. The van der Waals surface area contributed by atoms with Crippen molar-refractivity contribution in [1.82, 2.24) is 0 Å². The first-order valence-electron chi connectivity index (χ1n) is 13.7. The van der Waals surface area contributed by atoms with Crippen molar-refractivity contribution in [2.75, 3.05) is 41.9 Å². The zero-order chi connectivity index (χ0) is 41.2. The quantitative estimate of drug-likeness (QED) is 0.0604. The number of hydrogen-bond acceptors (Lipinski definition) is 21. The van der Waals surface area contributed by atoms with Gasteiger partial charge in [0, 0.05) is 0 Å². The summed E-state index contributed by atoms with van der Waals surface area (Å²) >= 11 is 0. The van der Waals surface area contributed by atoms with Gasteiger partial charge in [-0.25, -0.2) is 25.2 Å². The molecule has 0 amide bonds. The second-order valence-electron chi connectivity index (χ2n) is 10.3. The summed E-state index contributed by atoms with van der Waals surface area (Å²) in [4.78, 5) is -3.72. The molecule has 298 valence electrons. The van der Waals surface area contributed by atoms with E-state index in [1.807, 2.05) is 0 Å². The summed E-state index contributed by atoms with van der Waals surface area (Å²) in [5.41, 5.74) is 14.9. The van der Waals surface area contributed by atoms with Crippen LogP contribution in [0.4, 0.5) is 39.8 Å². The molecule has 0 heterocycles. The first-order chi connectivity index (χ1) is 24.4. The van der Waals surface area contributed by atoms with Gasteiger partial charge in [-0.05, 0) is 48.9 Å². The average molecular weight is 882 g/mol. The molecular formula is C23H27N7O18S6. The van der Waals surface area contributed by atoms with Gasteiger partial charge in [-0.15, -0.1) is 20.5 Å². The third-order valence-electron chi connectivity index (χ3n) is 6.65. The Labute approximate surface area is 307 Å². The lowest BCUT2D eigenvalue weighted by molar-refractivity contribution is 0.282. The van der Waals surface area contributed by atoms with Crippen LogP contribution in [0, 0.1) is 6.92 Å². The molecule has 25 nitrogen and oxygen atoms in total. The normalized spacial score (nSPS) is 13.6. The predicted molar refractivity (Wildman–Crippen MR) is 184 cm³/mol. The number of anilines is 3. The molecule has 31 heteroatoms. The summed E-state index contributed by atoms with van der Waals surface area (Å²) in [5.74, 6) is -2.12. The molecular weight excluding hydrogens is 855 g/mol. The molecule has 0 fully saturated rings. The van der Waals surface area contributed by atoms with Gasteiger partial charge >= 0.3 is 20.8 Å². The Hall–Kier alpha value is -4.28. The monoisotopic (exact) mass is 881 g/mol. The zero-order valence-electron chi connectivity index (χ0n) is 26.8. The van der Waals surface area contributed by atoms with Crippen LogP contribution < -0.4 is 17.2 Å². The van der Waals surface area contributed by atoms with Crippen molar-refractivity contribution in [1.29, 1.82) is 0 Å². The van der Waals surface area contributed by atoms with Gasteiger partial charge in [0.15, 0.2) is 19.7 Å². The maximum Gasteiger partial charge on any atom is 0.397 e. The molecule has 0 spiro atoms. The van der Waals surface area contributed by atoms with Crippen molar-refractivity contribution >= 4 is 101 Å². The lowest BCUT2D eigenvalue weighted by Crippen LogP contribution is -2.16. The van der Waals surface area contributed by atoms with E-state index in [0.717, 1.165) is 24.3 Å². The molecule has 0 aromatic heterocycles. The Kier molecular flexibility index (Phi) is 12.9. The lowest BCUT2D eigenvalue weighted by Gasteiger charge is -2.13. The molecule has 0 atom stereocenters. The van der Waals surface area contributed by atoms with Crippen molar-refractivity contribution < 1.29 is 77.1 Å². The summed E-state index contributed by atoms with van der Waals surface area (Å²) in [6.45, 7) is -0.784. The Morgan fingerprint density at radius 3 is 1.17 bits per heavy atom. The minimum atomic E-state index is -5.24. The van der Waals surface area contributed by atoms with E-state index in [4.69, 9.17) is 26.3 Å². The Morgan fingerprint density at radius 2 is 0.870 bits per heavy atom. The molecule has 0 aliphatic heterocycles. The van der Waals surface area contributed by atoms with E-state index in [1.54, 1.807) is 0 Å². The van der Waals surface area contributed by atoms with Gasteiger partial charge < -0.3 is 17.2 Å². The Bertz CT molecular complexity index is 2550. The van der Waals surface area contributed by atoms with Crippen molar-refractivity contribution in [3.05, 3.63) is 42.0 Å². The van der Waals surface area contributed by atoms with Gasteiger partial charge in [-0.1, -0.05) is 0 Å². The average Bonchev–Trinajstić information content (AvgIpc) is 3.01. The van der Waals surface area contributed by atoms with Gasteiger partial charge in [-0.2, -0.15) is 33.7 Å². The van der Waals surface area contributed by atoms with Crippen LogP contribution in [0.25, 0.3) is 0 Å². The van der Waals surface area contributed by atoms with Gasteiger partial charge in [0.25, 0.3) is 20.2 Å². The maximum atomic E-state index is 12.6. The van der Waals surface area contributed by atoms with E-state index >= 15 is 0 Å². The number of azo groups is 2. The second kappa shape index (κ2) is 15.8. The van der Waals surface area contributed by atoms with E-state index in [2.05, 4.69) is 28.8 Å².